The Balaban J connectivity index is 1.91. The lowest BCUT2D eigenvalue weighted by molar-refractivity contribution is -0.120. The van der Waals surface area contributed by atoms with Crippen LogP contribution < -0.4 is 15.5 Å². The number of nitrogens with one attached hydrogen (secondary N) is 2. The Labute approximate surface area is 122 Å². The molecular weight excluding hydrogens is 266 g/mol. The summed E-state index contributed by atoms with van der Waals surface area (Å²) in [4.78, 5) is 26.0. The minimum absolute atomic E-state index is 0.00113. The van der Waals surface area contributed by atoms with Crippen molar-refractivity contribution in [1.82, 2.24) is 0 Å². The number of amides is 2. The second-order valence-corrected chi connectivity index (χ2v) is 4.76. The van der Waals surface area contributed by atoms with Gasteiger partial charge in [-0.3, -0.25) is 9.59 Å². The number of rotatable bonds is 1. The largest absolute Gasteiger partial charge is 0.374 e. The van der Waals surface area contributed by atoms with Crippen molar-refractivity contribution in [3.8, 4) is 0 Å². The van der Waals surface area contributed by atoms with E-state index >= 15 is 0 Å². The normalized spacial score (nSPS) is 15.1. The Morgan fingerprint density at radius 3 is 2.29 bits per heavy atom. The lowest BCUT2D eigenvalue weighted by Gasteiger charge is -2.21. The number of benzene rings is 2. The molecule has 1 aliphatic rings. The summed E-state index contributed by atoms with van der Waals surface area (Å²) in [5.74, 6) is -0.364. The summed E-state index contributed by atoms with van der Waals surface area (Å²) >= 11 is 0. The van der Waals surface area contributed by atoms with E-state index in [2.05, 4.69) is 10.6 Å². The number of hydrogen-bond acceptors (Lipinski definition) is 3. The summed E-state index contributed by atoms with van der Waals surface area (Å²) < 4.78 is 0. The maximum absolute atomic E-state index is 12.4. The monoisotopic (exact) mass is 281 g/mol. The van der Waals surface area contributed by atoms with E-state index in [0.29, 0.717) is 11.4 Å². The third-order valence-corrected chi connectivity index (χ3v) is 3.30. The summed E-state index contributed by atoms with van der Waals surface area (Å²) in [6, 6.07) is 16.5. The minimum atomic E-state index is -0.219. The molecule has 0 atom stereocenters. The lowest BCUT2D eigenvalue weighted by atomic mass is 10.2. The van der Waals surface area contributed by atoms with Gasteiger partial charge in [-0.2, -0.15) is 0 Å². The van der Waals surface area contributed by atoms with Crippen molar-refractivity contribution < 1.29 is 9.59 Å². The molecule has 1 heterocycles. The molecule has 2 aromatic carbocycles. The fourth-order valence-electron chi connectivity index (χ4n) is 2.28. The van der Waals surface area contributed by atoms with E-state index in [0.717, 1.165) is 5.69 Å². The van der Waals surface area contributed by atoms with Gasteiger partial charge in [0.25, 0.3) is 0 Å². The fraction of sp³-hybridized carbons (Fsp3) is 0.125. The first-order valence-electron chi connectivity index (χ1n) is 6.72. The summed E-state index contributed by atoms with van der Waals surface area (Å²) in [6.45, 7) is 0.139. The molecule has 0 fully saturated rings. The van der Waals surface area contributed by atoms with Gasteiger partial charge in [-0.25, -0.2) is 0 Å². The van der Waals surface area contributed by atoms with Crippen LogP contribution in [0.25, 0.3) is 0 Å². The van der Waals surface area contributed by atoms with Gasteiger partial charge < -0.3 is 15.5 Å². The Kier molecular flexibility index (Phi) is 3.55. The number of carbonyl (C=O) groups is 2. The highest BCUT2D eigenvalue weighted by Gasteiger charge is 2.21. The standard InChI is InChI=1S/C16H15N3O2/c20-15-11-19(12-6-2-1-3-7-12)16(21)10-17-13-8-4-5-9-14(13)18-15/h1-9,17H,10-11H2,(H,18,20). The predicted octanol–water partition coefficient (Wildman–Crippen LogP) is 2.08. The van der Waals surface area contributed by atoms with Crippen molar-refractivity contribution in [3.05, 3.63) is 54.6 Å². The molecule has 5 nitrogen and oxygen atoms in total. The van der Waals surface area contributed by atoms with E-state index in [-0.39, 0.29) is 24.9 Å². The third kappa shape index (κ3) is 2.86. The summed E-state index contributed by atoms with van der Waals surface area (Å²) in [5.41, 5.74) is 2.14. The van der Waals surface area contributed by atoms with Crippen LogP contribution in [0.2, 0.25) is 0 Å². The van der Waals surface area contributed by atoms with Gasteiger partial charge in [0.2, 0.25) is 11.8 Å². The topological polar surface area (TPSA) is 61.4 Å². The zero-order valence-corrected chi connectivity index (χ0v) is 11.4. The molecule has 0 unspecified atom stereocenters. The van der Waals surface area contributed by atoms with Gasteiger partial charge in [-0.05, 0) is 24.3 Å². The highest BCUT2D eigenvalue weighted by atomic mass is 16.2. The molecule has 0 aliphatic carbocycles. The summed E-state index contributed by atoms with van der Waals surface area (Å²) in [5, 5.41) is 5.90. The van der Waals surface area contributed by atoms with Crippen LogP contribution in [-0.4, -0.2) is 24.9 Å². The SMILES string of the molecule is O=C1CN(c2ccccc2)C(=O)CNc2ccccc2N1. The van der Waals surface area contributed by atoms with Crippen molar-refractivity contribution in [2.75, 3.05) is 28.6 Å². The molecule has 5 heteroatoms. The third-order valence-electron chi connectivity index (χ3n) is 3.30. The molecule has 3 rings (SSSR count). The van der Waals surface area contributed by atoms with Crippen LogP contribution in [0.4, 0.5) is 17.1 Å². The molecule has 21 heavy (non-hydrogen) atoms. The maximum Gasteiger partial charge on any atom is 0.246 e. The number of hydrogen-bond donors (Lipinski definition) is 2. The first-order valence-corrected chi connectivity index (χ1v) is 6.72. The zero-order valence-electron chi connectivity index (χ0n) is 11.4. The van der Waals surface area contributed by atoms with Gasteiger partial charge >= 0.3 is 0 Å². The van der Waals surface area contributed by atoms with Crippen LogP contribution in [0.3, 0.4) is 0 Å². The van der Waals surface area contributed by atoms with Gasteiger partial charge in [0, 0.05) is 5.69 Å². The fourth-order valence-corrected chi connectivity index (χ4v) is 2.28. The minimum Gasteiger partial charge on any atom is -0.374 e. The Hall–Kier alpha value is -2.82. The molecule has 0 aromatic heterocycles. The van der Waals surface area contributed by atoms with Crippen LogP contribution in [0.15, 0.2) is 54.6 Å². The average molecular weight is 281 g/mol. The quantitative estimate of drug-likeness (QED) is 0.841. The Bertz CT molecular complexity index is 670. The van der Waals surface area contributed by atoms with Crippen molar-refractivity contribution in [2.24, 2.45) is 0 Å². The molecule has 2 aromatic rings. The highest BCUT2D eigenvalue weighted by Crippen LogP contribution is 2.23. The molecule has 0 saturated heterocycles. The van der Waals surface area contributed by atoms with Crippen LogP contribution in [0, 0.1) is 0 Å². The molecule has 0 bridgehead atoms. The number of nitrogens with zero attached hydrogens (tertiary/aromatic N) is 1. The van der Waals surface area contributed by atoms with E-state index in [9.17, 15) is 9.59 Å². The molecule has 0 saturated carbocycles. The summed E-state index contributed by atoms with van der Waals surface area (Å²) in [6.07, 6.45) is 0. The smallest absolute Gasteiger partial charge is 0.246 e. The van der Waals surface area contributed by atoms with Gasteiger partial charge in [0.15, 0.2) is 0 Å². The zero-order chi connectivity index (χ0) is 14.7. The second-order valence-electron chi connectivity index (χ2n) is 4.76. The molecule has 0 radical (unpaired) electrons. The van der Waals surface area contributed by atoms with Crippen LogP contribution in [0.5, 0.6) is 0 Å². The van der Waals surface area contributed by atoms with E-state index < -0.39 is 0 Å². The van der Waals surface area contributed by atoms with Gasteiger partial charge in [-0.1, -0.05) is 30.3 Å². The van der Waals surface area contributed by atoms with E-state index in [1.54, 1.807) is 0 Å². The Morgan fingerprint density at radius 1 is 0.857 bits per heavy atom. The van der Waals surface area contributed by atoms with Crippen LogP contribution in [-0.2, 0) is 9.59 Å². The summed E-state index contributed by atoms with van der Waals surface area (Å²) in [7, 11) is 0. The lowest BCUT2D eigenvalue weighted by Crippen LogP contribution is -2.40. The van der Waals surface area contributed by atoms with Gasteiger partial charge in [0.1, 0.15) is 6.54 Å². The molecule has 1 aliphatic heterocycles. The maximum atomic E-state index is 12.4. The first-order chi connectivity index (χ1) is 10.2. The molecular formula is C16H15N3O2. The number of anilines is 3. The number of carbonyl (C=O) groups excluding carboxylic acids is 2. The van der Waals surface area contributed by atoms with Crippen LogP contribution >= 0.6 is 0 Å². The predicted molar refractivity (Wildman–Crippen MR) is 82.4 cm³/mol. The molecule has 0 spiro atoms. The van der Waals surface area contributed by atoms with E-state index in [4.69, 9.17) is 0 Å². The van der Waals surface area contributed by atoms with Crippen molar-refractivity contribution in [3.63, 3.8) is 0 Å². The highest BCUT2D eigenvalue weighted by molar-refractivity contribution is 6.06. The molecule has 106 valence electrons. The van der Waals surface area contributed by atoms with Crippen molar-refractivity contribution in [2.45, 2.75) is 0 Å². The molecule has 2 amide bonds. The van der Waals surface area contributed by atoms with Crippen molar-refractivity contribution in [1.29, 1.82) is 0 Å². The van der Waals surface area contributed by atoms with E-state index in [1.807, 2.05) is 54.6 Å². The number of fused-ring (bicyclic) bond motifs is 1. The van der Waals surface area contributed by atoms with Crippen molar-refractivity contribution >= 4 is 28.9 Å². The van der Waals surface area contributed by atoms with E-state index in [1.165, 1.54) is 4.90 Å². The molecule has 2 N–H and O–H groups in total. The Morgan fingerprint density at radius 2 is 1.52 bits per heavy atom. The van der Waals surface area contributed by atoms with Gasteiger partial charge in [0.05, 0.1) is 17.9 Å². The van der Waals surface area contributed by atoms with Gasteiger partial charge in [-0.15, -0.1) is 0 Å². The number of para-hydroxylation sites is 3. The van der Waals surface area contributed by atoms with Crippen LogP contribution in [0.1, 0.15) is 0 Å². The average Bonchev–Trinajstić information content (AvgIpc) is 2.57. The first kappa shape index (κ1) is 13.2. The second kappa shape index (κ2) is 5.66.